The van der Waals surface area contributed by atoms with Gasteiger partial charge >= 0.3 is 11.8 Å². The number of nitrogens with zero attached hydrogens (tertiary/aromatic N) is 1. The number of hydrogen-bond acceptors (Lipinski definition) is 3. The maximum atomic E-state index is 12.2. The van der Waals surface area contributed by atoms with E-state index in [2.05, 4.69) is 5.32 Å². The second-order valence-electron chi connectivity index (χ2n) is 5.81. The number of likely N-dealkylation sites (N-methyl/N-ethyl adjacent to an activating group) is 1. The SMILES string of the molecule is CCN(C(=O)C(=O)Nc1ccc(C(C)=O)cc1)C(C)(C)C. The number of anilines is 1. The number of hydrogen-bond donors (Lipinski definition) is 1. The summed E-state index contributed by atoms with van der Waals surface area (Å²) >= 11 is 0. The number of ketones is 1. The molecule has 0 aliphatic heterocycles. The van der Waals surface area contributed by atoms with Crippen LogP contribution in [-0.2, 0) is 9.59 Å². The highest BCUT2D eigenvalue weighted by Crippen LogP contribution is 2.15. The van der Waals surface area contributed by atoms with E-state index in [9.17, 15) is 14.4 Å². The van der Waals surface area contributed by atoms with Gasteiger partial charge in [0.1, 0.15) is 0 Å². The molecule has 0 heterocycles. The second kappa shape index (κ2) is 6.52. The minimum absolute atomic E-state index is 0.0474. The fraction of sp³-hybridized carbons (Fsp3) is 0.438. The van der Waals surface area contributed by atoms with Crippen molar-refractivity contribution >= 4 is 23.3 Å². The van der Waals surface area contributed by atoms with Crippen LogP contribution in [0.3, 0.4) is 0 Å². The van der Waals surface area contributed by atoms with Gasteiger partial charge in [-0.1, -0.05) is 0 Å². The van der Waals surface area contributed by atoms with E-state index in [0.717, 1.165) is 0 Å². The van der Waals surface area contributed by atoms with Crippen molar-refractivity contribution in [2.75, 3.05) is 11.9 Å². The third-order valence-electron chi connectivity index (χ3n) is 3.11. The molecule has 114 valence electrons. The molecule has 0 aromatic heterocycles. The number of nitrogens with one attached hydrogen (secondary N) is 1. The van der Waals surface area contributed by atoms with Crippen molar-refractivity contribution in [3.05, 3.63) is 29.8 Å². The zero-order chi connectivity index (χ0) is 16.2. The van der Waals surface area contributed by atoms with Gasteiger partial charge in [-0.05, 0) is 58.9 Å². The number of benzene rings is 1. The lowest BCUT2D eigenvalue weighted by Gasteiger charge is -2.34. The predicted molar refractivity (Wildman–Crippen MR) is 82.2 cm³/mol. The summed E-state index contributed by atoms with van der Waals surface area (Å²) in [7, 11) is 0. The fourth-order valence-electron chi connectivity index (χ4n) is 2.02. The smallest absolute Gasteiger partial charge is 0.313 e. The second-order valence-corrected chi connectivity index (χ2v) is 5.81. The average Bonchev–Trinajstić information content (AvgIpc) is 2.38. The number of carbonyl (C=O) groups is 3. The van der Waals surface area contributed by atoms with Crippen LogP contribution in [0.2, 0.25) is 0 Å². The van der Waals surface area contributed by atoms with Gasteiger partial charge in [-0.2, -0.15) is 0 Å². The van der Waals surface area contributed by atoms with Gasteiger partial charge in [0, 0.05) is 23.3 Å². The van der Waals surface area contributed by atoms with Gasteiger partial charge in [0.15, 0.2) is 5.78 Å². The maximum Gasteiger partial charge on any atom is 0.313 e. The van der Waals surface area contributed by atoms with E-state index in [1.54, 1.807) is 24.3 Å². The van der Waals surface area contributed by atoms with Crippen molar-refractivity contribution in [1.29, 1.82) is 0 Å². The Hall–Kier alpha value is -2.17. The minimum Gasteiger partial charge on any atom is -0.330 e. The maximum absolute atomic E-state index is 12.2. The van der Waals surface area contributed by atoms with E-state index >= 15 is 0 Å². The molecule has 0 atom stereocenters. The van der Waals surface area contributed by atoms with E-state index in [0.29, 0.717) is 17.8 Å². The van der Waals surface area contributed by atoms with Gasteiger partial charge in [0.2, 0.25) is 0 Å². The lowest BCUT2D eigenvalue weighted by Crippen LogP contribution is -2.49. The summed E-state index contributed by atoms with van der Waals surface area (Å²) in [5.41, 5.74) is 0.634. The molecule has 0 aliphatic rings. The fourth-order valence-corrected chi connectivity index (χ4v) is 2.02. The molecule has 5 heteroatoms. The van der Waals surface area contributed by atoms with Crippen molar-refractivity contribution < 1.29 is 14.4 Å². The highest BCUT2D eigenvalue weighted by Gasteiger charge is 2.29. The Kier molecular flexibility index (Phi) is 5.24. The molecule has 0 saturated heterocycles. The number of carbonyl (C=O) groups excluding carboxylic acids is 3. The minimum atomic E-state index is -0.678. The zero-order valence-electron chi connectivity index (χ0n) is 13.2. The highest BCUT2D eigenvalue weighted by atomic mass is 16.2. The molecular weight excluding hydrogens is 268 g/mol. The number of amides is 2. The predicted octanol–water partition coefficient (Wildman–Crippen LogP) is 2.47. The summed E-state index contributed by atoms with van der Waals surface area (Å²) in [5.74, 6) is -1.29. The summed E-state index contributed by atoms with van der Waals surface area (Å²) in [6.07, 6.45) is 0. The number of Topliss-reactive ketones (excluding diaryl/α,β-unsaturated/α-hetero) is 1. The Morgan fingerprint density at radius 3 is 2.00 bits per heavy atom. The van der Waals surface area contributed by atoms with Crippen molar-refractivity contribution in [2.24, 2.45) is 0 Å². The Labute approximate surface area is 125 Å². The van der Waals surface area contributed by atoms with E-state index in [4.69, 9.17) is 0 Å². The van der Waals surface area contributed by atoms with Crippen LogP contribution in [0.4, 0.5) is 5.69 Å². The van der Waals surface area contributed by atoms with Crippen molar-refractivity contribution in [1.82, 2.24) is 4.90 Å². The monoisotopic (exact) mass is 290 g/mol. The summed E-state index contributed by atoms with van der Waals surface area (Å²) in [6, 6.07) is 6.44. The summed E-state index contributed by atoms with van der Waals surface area (Å²) < 4.78 is 0. The van der Waals surface area contributed by atoms with Crippen LogP contribution in [0.25, 0.3) is 0 Å². The molecule has 0 fully saturated rings. The molecule has 1 N–H and O–H groups in total. The molecule has 1 aromatic rings. The van der Waals surface area contributed by atoms with Gasteiger partial charge in [-0.25, -0.2) is 0 Å². The molecule has 0 bridgehead atoms. The lowest BCUT2D eigenvalue weighted by atomic mass is 10.1. The standard InChI is InChI=1S/C16H22N2O3/c1-6-18(16(3,4)5)15(21)14(20)17-13-9-7-12(8-10-13)11(2)19/h7-10H,6H2,1-5H3,(H,17,20). The first-order chi connectivity index (χ1) is 9.66. The molecule has 5 nitrogen and oxygen atoms in total. The van der Waals surface area contributed by atoms with Crippen LogP contribution in [0, 0.1) is 0 Å². The van der Waals surface area contributed by atoms with Crippen LogP contribution < -0.4 is 5.32 Å². The Morgan fingerprint density at radius 1 is 1.10 bits per heavy atom. The normalized spacial score (nSPS) is 10.9. The van der Waals surface area contributed by atoms with E-state index in [-0.39, 0.29) is 5.78 Å². The topological polar surface area (TPSA) is 66.5 Å². The van der Waals surface area contributed by atoms with Crippen LogP contribution >= 0.6 is 0 Å². The van der Waals surface area contributed by atoms with Crippen LogP contribution in [0.1, 0.15) is 45.0 Å². The van der Waals surface area contributed by atoms with Gasteiger partial charge in [-0.3, -0.25) is 14.4 Å². The molecule has 0 saturated carbocycles. The molecule has 1 aromatic carbocycles. The van der Waals surface area contributed by atoms with Crippen LogP contribution in [-0.4, -0.2) is 34.6 Å². The van der Waals surface area contributed by atoms with E-state index < -0.39 is 17.4 Å². The summed E-state index contributed by atoms with van der Waals surface area (Å²) in [6.45, 7) is 9.40. The summed E-state index contributed by atoms with van der Waals surface area (Å²) in [5, 5.41) is 2.55. The molecule has 0 radical (unpaired) electrons. The Bertz CT molecular complexity index is 542. The summed E-state index contributed by atoms with van der Waals surface area (Å²) in [4.78, 5) is 36.9. The first-order valence-electron chi connectivity index (χ1n) is 6.90. The molecule has 1 rings (SSSR count). The number of rotatable bonds is 3. The van der Waals surface area contributed by atoms with Gasteiger partial charge in [0.25, 0.3) is 0 Å². The van der Waals surface area contributed by atoms with Crippen molar-refractivity contribution in [3.8, 4) is 0 Å². The Morgan fingerprint density at radius 2 is 1.62 bits per heavy atom. The van der Waals surface area contributed by atoms with Gasteiger partial charge < -0.3 is 10.2 Å². The lowest BCUT2D eigenvalue weighted by molar-refractivity contribution is -0.146. The average molecular weight is 290 g/mol. The van der Waals surface area contributed by atoms with Crippen LogP contribution in [0.15, 0.2) is 24.3 Å². The largest absolute Gasteiger partial charge is 0.330 e. The molecule has 0 spiro atoms. The quantitative estimate of drug-likeness (QED) is 0.687. The Balaban J connectivity index is 2.81. The third kappa shape index (κ3) is 4.41. The van der Waals surface area contributed by atoms with E-state index in [1.807, 2.05) is 27.7 Å². The molecular formula is C16H22N2O3. The molecule has 2 amide bonds. The van der Waals surface area contributed by atoms with Gasteiger partial charge in [-0.15, -0.1) is 0 Å². The van der Waals surface area contributed by atoms with Crippen molar-refractivity contribution in [2.45, 2.75) is 40.2 Å². The third-order valence-corrected chi connectivity index (χ3v) is 3.11. The first-order valence-corrected chi connectivity index (χ1v) is 6.90. The van der Waals surface area contributed by atoms with Crippen molar-refractivity contribution in [3.63, 3.8) is 0 Å². The molecule has 21 heavy (non-hydrogen) atoms. The first kappa shape index (κ1) is 16.9. The van der Waals surface area contributed by atoms with Crippen LogP contribution in [0.5, 0.6) is 0 Å². The van der Waals surface area contributed by atoms with E-state index in [1.165, 1.54) is 11.8 Å². The molecule has 0 unspecified atom stereocenters. The van der Waals surface area contributed by atoms with Gasteiger partial charge in [0.05, 0.1) is 0 Å². The highest BCUT2D eigenvalue weighted by molar-refractivity contribution is 6.39. The zero-order valence-corrected chi connectivity index (χ0v) is 13.2. The molecule has 0 aliphatic carbocycles.